The number of esters is 1. The summed E-state index contributed by atoms with van der Waals surface area (Å²) in [6.07, 6.45) is 7.90. The summed E-state index contributed by atoms with van der Waals surface area (Å²) in [5, 5.41) is 3.49. The Kier molecular flexibility index (Phi) is 5.42. The summed E-state index contributed by atoms with van der Waals surface area (Å²) in [4.78, 5) is 13.9. The van der Waals surface area contributed by atoms with Crippen LogP contribution in [-0.4, -0.2) is 44.2 Å². The van der Waals surface area contributed by atoms with E-state index in [4.69, 9.17) is 9.15 Å². The predicted octanol–water partition coefficient (Wildman–Crippen LogP) is 2.42. The molecule has 0 amide bonds. The fourth-order valence-corrected chi connectivity index (χ4v) is 3.17. The number of carbonyl (C=O) groups excluding carboxylic acids is 1. The highest BCUT2D eigenvalue weighted by atomic mass is 16.5. The number of hydrogen-bond donors (Lipinski definition) is 1. The van der Waals surface area contributed by atoms with Crippen molar-refractivity contribution < 1.29 is 13.9 Å². The first-order chi connectivity index (χ1) is 10.1. The van der Waals surface area contributed by atoms with E-state index in [2.05, 4.69) is 24.3 Å². The zero-order valence-corrected chi connectivity index (χ0v) is 13.3. The third kappa shape index (κ3) is 3.66. The average Bonchev–Trinajstić information content (AvgIpc) is 2.95. The van der Waals surface area contributed by atoms with Crippen LogP contribution in [0.4, 0.5) is 0 Å². The van der Waals surface area contributed by atoms with E-state index in [0.717, 1.165) is 12.1 Å². The first-order valence-electron chi connectivity index (χ1n) is 7.62. The van der Waals surface area contributed by atoms with Crippen LogP contribution in [0.15, 0.2) is 16.7 Å². The molecule has 2 rings (SSSR count). The second-order valence-corrected chi connectivity index (χ2v) is 6.05. The van der Waals surface area contributed by atoms with Crippen LogP contribution >= 0.6 is 0 Å². The Morgan fingerprint density at radius 3 is 2.71 bits per heavy atom. The van der Waals surface area contributed by atoms with Gasteiger partial charge in [-0.15, -0.1) is 0 Å². The molecule has 5 heteroatoms. The maximum Gasteiger partial charge on any atom is 0.374 e. The van der Waals surface area contributed by atoms with Gasteiger partial charge in [-0.2, -0.15) is 0 Å². The Morgan fingerprint density at radius 2 is 2.10 bits per heavy atom. The SMILES string of the molecule is COC(=O)c1occc1CNCC1(N(C)C)CCCCC1. The van der Waals surface area contributed by atoms with Crippen LogP contribution < -0.4 is 5.32 Å². The quantitative estimate of drug-likeness (QED) is 0.817. The van der Waals surface area contributed by atoms with Gasteiger partial charge < -0.3 is 19.4 Å². The molecule has 0 atom stereocenters. The van der Waals surface area contributed by atoms with Crippen LogP contribution in [0, 0.1) is 0 Å². The van der Waals surface area contributed by atoms with E-state index in [1.807, 2.05) is 6.07 Å². The molecule has 0 radical (unpaired) electrons. The van der Waals surface area contributed by atoms with Crippen molar-refractivity contribution >= 4 is 5.97 Å². The van der Waals surface area contributed by atoms with Crippen LogP contribution in [-0.2, 0) is 11.3 Å². The molecule has 1 fully saturated rings. The standard InChI is InChI=1S/C16H26N2O3/c1-18(2)16(8-5-4-6-9-16)12-17-11-13-7-10-21-14(13)15(19)20-3/h7,10,17H,4-6,8-9,11-12H2,1-3H3. The lowest BCUT2D eigenvalue weighted by atomic mass is 9.80. The highest BCUT2D eigenvalue weighted by Gasteiger charge is 2.33. The molecular formula is C16H26N2O3. The van der Waals surface area contributed by atoms with Crippen molar-refractivity contribution in [2.75, 3.05) is 27.7 Å². The van der Waals surface area contributed by atoms with E-state index in [9.17, 15) is 4.79 Å². The number of methoxy groups -OCH3 is 1. The van der Waals surface area contributed by atoms with E-state index < -0.39 is 5.97 Å². The highest BCUT2D eigenvalue weighted by Crippen LogP contribution is 2.31. The van der Waals surface area contributed by atoms with E-state index >= 15 is 0 Å². The number of ether oxygens (including phenoxy) is 1. The van der Waals surface area contributed by atoms with Crippen molar-refractivity contribution in [3.63, 3.8) is 0 Å². The highest BCUT2D eigenvalue weighted by molar-refractivity contribution is 5.87. The number of nitrogens with one attached hydrogen (secondary N) is 1. The van der Waals surface area contributed by atoms with Gasteiger partial charge in [0.05, 0.1) is 13.4 Å². The zero-order valence-electron chi connectivity index (χ0n) is 13.3. The molecule has 1 heterocycles. The smallest absolute Gasteiger partial charge is 0.374 e. The summed E-state index contributed by atoms with van der Waals surface area (Å²) < 4.78 is 9.93. The second kappa shape index (κ2) is 7.09. The molecule has 0 unspecified atom stereocenters. The van der Waals surface area contributed by atoms with Crippen molar-refractivity contribution in [2.45, 2.75) is 44.2 Å². The third-order valence-electron chi connectivity index (χ3n) is 4.62. The summed E-state index contributed by atoms with van der Waals surface area (Å²) >= 11 is 0. The minimum Gasteiger partial charge on any atom is -0.463 e. The van der Waals surface area contributed by atoms with Crippen molar-refractivity contribution in [3.05, 3.63) is 23.7 Å². The molecule has 0 aliphatic heterocycles. The van der Waals surface area contributed by atoms with Gasteiger partial charge in [-0.05, 0) is 33.0 Å². The maximum absolute atomic E-state index is 11.6. The third-order valence-corrected chi connectivity index (χ3v) is 4.62. The number of hydrogen-bond acceptors (Lipinski definition) is 5. The van der Waals surface area contributed by atoms with Crippen molar-refractivity contribution in [1.82, 2.24) is 10.2 Å². The van der Waals surface area contributed by atoms with Gasteiger partial charge in [0.1, 0.15) is 0 Å². The molecule has 118 valence electrons. The lowest BCUT2D eigenvalue weighted by Gasteiger charge is -2.43. The largest absolute Gasteiger partial charge is 0.463 e. The molecule has 1 N–H and O–H groups in total. The molecule has 1 aliphatic carbocycles. The molecule has 1 saturated carbocycles. The minimum atomic E-state index is -0.420. The van der Waals surface area contributed by atoms with Crippen molar-refractivity contribution in [2.24, 2.45) is 0 Å². The van der Waals surface area contributed by atoms with E-state index in [-0.39, 0.29) is 5.54 Å². The minimum absolute atomic E-state index is 0.230. The summed E-state index contributed by atoms with van der Waals surface area (Å²) in [6.45, 7) is 1.54. The average molecular weight is 294 g/mol. The lowest BCUT2D eigenvalue weighted by molar-refractivity contribution is 0.0562. The number of likely N-dealkylation sites (N-methyl/N-ethyl adjacent to an activating group) is 1. The fourth-order valence-electron chi connectivity index (χ4n) is 3.17. The molecule has 21 heavy (non-hydrogen) atoms. The molecule has 0 bridgehead atoms. The van der Waals surface area contributed by atoms with E-state index in [1.54, 1.807) is 0 Å². The summed E-state index contributed by atoms with van der Waals surface area (Å²) in [5.74, 6) is -0.121. The van der Waals surface area contributed by atoms with Crippen LogP contribution in [0.25, 0.3) is 0 Å². The Balaban J connectivity index is 1.94. The van der Waals surface area contributed by atoms with E-state index in [1.165, 1.54) is 45.5 Å². The molecule has 1 aliphatic rings. The normalized spacial score (nSPS) is 17.9. The molecule has 0 aromatic carbocycles. The van der Waals surface area contributed by atoms with Crippen molar-refractivity contribution in [3.8, 4) is 0 Å². The molecule has 0 spiro atoms. The van der Waals surface area contributed by atoms with Gasteiger partial charge in [0.2, 0.25) is 5.76 Å². The molecule has 1 aromatic heterocycles. The summed E-state index contributed by atoms with van der Waals surface area (Å²) in [7, 11) is 5.68. The van der Waals surface area contributed by atoms with Gasteiger partial charge in [-0.25, -0.2) is 4.79 Å². The van der Waals surface area contributed by atoms with Gasteiger partial charge in [0.25, 0.3) is 0 Å². The molecule has 5 nitrogen and oxygen atoms in total. The van der Waals surface area contributed by atoms with Crippen LogP contribution in [0.5, 0.6) is 0 Å². The number of rotatable bonds is 6. The Morgan fingerprint density at radius 1 is 1.38 bits per heavy atom. The Labute approximate surface area is 126 Å². The monoisotopic (exact) mass is 294 g/mol. The summed E-state index contributed by atoms with van der Waals surface area (Å²) in [6, 6.07) is 1.82. The number of nitrogens with zero attached hydrogens (tertiary/aromatic N) is 1. The number of carbonyl (C=O) groups is 1. The van der Waals surface area contributed by atoms with Crippen molar-refractivity contribution in [1.29, 1.82) is 0 Å². The predicted molar refractivity (Wildman–Crippen MR) is 81.3 cm³/mol. The van der Waals surface area contributed by atoms with Gasteiger partial charge in [0.15, 0.2) is 0 Å². The zero-order chi connectivity index (χ0) is 15.3. The van der Waals surface area contributed by atoms with E-state index in [0.29, 0.717) is 12.3 Å². The van der Waals surface area contributed by atoms with Gasteiger partial charge in [-0.1, -0.05) is 19.3 Å². The van der Waals surface area contributed by atoms with Crippen LogP contribution in [0.2, 0.25) is 0 Å². The topological polar surface area (TPSA) is 54.7 Å². The van der Waals surface area contributed by atoms with Gasteiger partial charge in [0, 0.05) is 24.2 Å². The summed E-state index contributed by atoms with van der Waals surface area (Å²) in [5.41, 5.74) is 1.08. The molecule has 1 aromatic rings. The van der Waals surface area contributed by atoms with Crippen LogP contribution in [0.3, 0.4) is 0 Å². The van der Waals surface area contributed by atoms with Gasteiger partial charge in [-0.3, -0.25) is 0 Å². The maximum atomic E-state index is 11.6. The van der Waals surface area contributed by atoms with Gasteiger partial charge >= 0.3 is 5.97 Å². The first kappa shape index (κ1) is 16.0. The fraction of sp³-hybridized carbons (Fsp3) is 0.688. The first-order valence-corrected chi connectivity index (χ1v) is 7.62. The Hall–Kier alpha value is -1.33. The second-order valence-electron chi connectivity index (χ2n) is 6.05. The lowest BCUT2D eigenvalue weighted by Crippen LogP contribution is -2.52. The number of furan rings is 1. The molecule has 0 saturated heterocycles. The molecular weight excluding hydrogens is 268 g/mol. The Bertz CT molecular complexity index is 462. The van der Waals surface area contributed by atoms with Crippen LogP contribution in [0.1, 0.15) is 48.2 Å².